The van der Waals surface area contributed by atoms with Crippen LogP contribution in [0.15, 0.2) is 48.8 Å². The number of benzene rings is 2. The van der Waals surface area contributed by atoms with Crippen LogP contribution in [0.3, 0.4) is 0 Å². The van der Waals surface area contributed by atoms with Crippen LogP contribution in [-0.4, -0.2) is 53.2 Å². The molecule has 3 heterocycles. The molecule has 2 aromatic carbocycles. The second-order valence-electron chi connectivity index (χ2n) is 7.72. The van der Waals surface area contributed by atoms with Crippen LogP contribution in [0.25, 0.3) is 0 Å². The van der Waals surface area contributed by atoms with E-state index in [1.54, 1.807) is 54.3 Å². The highest BCUT2D eigenvalue weighted by molar-refractivity contribution is 6.18. The third-order valence-electron chi connectivity index (χ3n) is 5.79. The number of hydrogen-bond acceptors (Lipinski definition) is 6. The minimum Gasteiger partial charge on any atom is -0.493 e. The number of amides is 3. The third-order valence-corrected chi connectivity index (χ3v) is 5.79. The highest BCUT2D eigenvalue weighted by atomic mass is 16.5. The molecule has 0 saturated heterocycles. The zero-order chi connectivity index (χ0) is 23.3. The number of carbonyl (C=O) groups is 3. The topological polar surface area (TPSA) is 106 Å². The summed E-state index contributed by atoms with van der Waals surface area (Å²) in [5, 5.41) is 6.78. The normalized spacial score (nSPS) is 16.3. The fraction of sp³-hybridized carbons (Fsp3) is 0.217. The van der Waals surface area contributed by atoms with Crippen molar-refractivity contribution in [3.05, 3.63) is 65.5 Å². The van der Waals surface area contributed by atoms with Gasteiger partial charge in [0.15, 0.2) is 11.5 Å². The van der Waals surface area contributed by atoms with Crippen LogP contribution in [0.4, 0.5) is 11.4 Å². The summed E-state index contributed by atoms with van der Waals surface area (Å²) >= 11 is 0. The number of hydrogen-bond donors (Lipinski definition) is 1. The Morgan fingerprint density at radius 3 is 2.58 bits per heavy atom. The van der Waals surface area contributed by atoms with Gasteiger partial charge in [-0.2, -0.15) is 5.10 Å². The Kier molecular flexibility index (Phi) is 4.77. The van der Waals surface area contributed by atoms with Gasteiger partial charge in [0.1, 0.15) is 12.7 Å². The van der Waals surface area contributed by atoms with E-state index in [1.807, 2.05) is 0 Å². The molecule has 0 bridgehead atoms. The molecular weight excluding hydrogens is 426 g/mol. The molecule has 10 nitrogen and oxygen atoms in total. The molecule has 0 aliphatic carbocycles. The Bertz CT molecular complexity index is 1300. The minimum absolute atomic E-state index is 0.260. The molecule has 0 radical (unpaired) electrons. The number of aromatic nitrogens is 2. The van der Waals surface area contributed by atoms with Crippen molar-refractivity contribution in [3.63, 3.8) is 0 Å². The van der Waals surface area contributed by atoms with Crippen LogP contribution in [0.1, 0.15) is 32.4 Å². The van der Waals surface area contributed by atoms with Crippen LogP contribution in [0.5, 0.6) is 11.5 Å². The number of methoxy groups -OCH3 is 2. The predicted octanol–water partition coefficient (Wildman–Crippen LogP) is 2.19. The molecule has 5 rings (SSSR count). The van der Waals surface area contributed by atoms with Gasteiger partial charge in [0.05, 0.1) is 42.9 Å². The predicted molar refractivity (Wildman–Crippen MR) is 118 cm³/mol. The minimum atomic E-state index is -0.797. The summed E-state index contributed by atoms with van der Waals surface area (Å²) in [4.78, 5) is 42.9. The van der Waals surface area contributed by atoms with Crippen LogP contribution >= 0.6 is 0 Å². The number of aryl methyl sites for hydroxylation is 1. The van der Waals surface area contributed by atoms with Crippen LogP contribution in [0, 0.1) is 0 Å². The van der Waals surface area contributed by atoms with Crippen LogP contribution < -0.4 is 19.7 Å². The van der Waals surface area contributed by atoms with E-state index in [0.29, 0.717) is 39.6 Å². The van der Waals surface area contributed by atoms with E-state index < -0.39 is 12.1 Å². The first kappa shape index (κ1) is 20.6. The van der Waals surface area contributed by atoms with Gasteiger partial charge in [0.2, 0.25) is 5.91 Å². The van der Waals surface area contributed by atoms with Crippen molar-refractivity contribution < 1.29 is 23.9 Å². The van der Waals surface area contributed by atoms with Gasteiger partial charge in [-0.3, -0.25) is 24.0 Å². The first-order chi connectivity index (χ1) is 15.9. The van der Waals surface area contributed by atoms with Gasteiger partial charge in [-0.05, 0) is 18.2 Å². The molecule has 1 N–H and O–H groups in total. The molecule has 10 heteroatoms. The summed E-state index contributed by atoms with van der Waals surface area (Å²) in [5.74, 6) is -0.381. The molecule has 2 aliphatic heterocycles. The second-order valence-corrected chi connectivity index (χ2v) is 7.72. The Labute approximate surface area is 189 Å². The molecule has 0 unspecified atom stereocenters. The summed E-state index contributed by atoms with van der Waals surface area (Å²) in [6.07, 6.45) is 2.38. The molecule has 33 heavy (non-hydrogen) atoms. The average molecular weight is 447 g/mol. The van der Waals surface area contributed by atoms with E-state index in [1.165, 1.54) is 30.2 Å². The van der Waals surface area contributed by atoms with Gasteiger partial charge in [-0.25, -0.2) is 0 Å². The lowest BCUT2D eigenvalue weighted by Crippen LogP contribution is -2.50. The molecule has 0 spiro atoms. The Morgan fingerprint density at radius 1 is 1.09 bits per heavy atom. The van der Waals surface area contributed by atoms with Crippen molar-refractivity contribution in [2.24, 2.45) is 7.05 Å². The molecule has 168 valence electrons. The molecule has 1 aromatic heterocycles. The number of carbonyl (C=O) groups excluding carboxylic acids is 3. The van der Waals surface area contributed by atoms with Gasteiger partial charge in [-0.15, -0.1) is 0 Å². The molecule has 1 atom stereocenters. The Hall–Kier alpha value is -4.34. The lowest BCUT2D eigenvalue weighted by Gasteiger charge is -2.40. The van der Waals surface area contributed by atoms with Crippen molar-refractivity contribution in [2.45, 2.75) is 6.17 Å². The number of anilines is 2. The number of nitrogens with one attached hydrogen (secondary N) is 1. The van der Waals surface area contributed by atoms with Gasteiger partial charge in [0.25, 0.3) is 11.8 Å². The molecule has 2 aliphatic rings. The lowest BCUT2D eigenvalue weighted by atomic mass is 10.0. The van der Waals surface area contributed by atoms with Crippen LogP contribution in [0.2, 0.25) is 0 Å². The molecule has 3 amide bonds. The number of nitrogens with zero attached hydrogens (tertiary/aromatic N) is 4. The van der Waals surface area contributed by atoms with E-state index in [4.69, 9.17) is 9.47 Å². The first-order valence-corrected chi connectivity index (χ1v) is 10.2. The van der Waals surface area contributed by atoms with Crippen molar-refractivity contribution in [3.8, 4) is 11.5 Å². The van der Waals surface area contributed by atoms with Gasteiger partial charge >= 0.3 is 0 Å². The highest BCUT2D eigenvalue weighted by Crippen LogP contribution is 2.49. The van der Waals surface area contributed by atoms with Gasteiger partial charge < -0.3 is 19.7 Å². The van der Waals surface area contributed by atoms with Crippen LogP contribution in [-0.2, 0) is 11.8 Å². The lowest BCUT2D eigenvalue weighted by molar-refractivity contribution is -0.117. The summed E-state index contributed by atoms with van der Waals surface area (Å²) < 4.78 is 12.4. The van der Waals surface area contributed by atoms with Crippen molar-refractivity contribution in [2.75, 3.05) is 31.0 Å². The third kappa shape index (κ3) is 3.10. The SMILES string of the molecule is COc1ccc2c(c1OC)C(=O)N1c3ccccc3C(=O)N(CC(=O)Nc3cnn(C)c3)[C@@H]21. The Morgan fingerprint density at radius 2 is 1.88 bits per heavy atom. The summed E-state index contributed by atoms with van der Waals surface area (Å²) in [5.41, 5.74) is 2.21. The van der Waals surface area contributed by atoms with E-state index in [0.717, 1.165) is 0 Å². The summed E-state index contributed by atoms with van der Waals surface area (Å²) in [7, 11) is 4.69. The monoisotopic (exact) mass is 447 g/mol. The van der Waals surface area contributed by atoms with E-state index in [-0.39, 0.29) is 18.4 Å². The number of fused-ring (bicyclic) bond motifs is 5. The maximum atomic E-state index is 13.6. The molecular formula is C23H21N5O5. The fourth-order valence-corrected chi connectivity index (χ4v) is 4.43. The average Bonchev–Trinajstić information content (AvgIpc) is 3.36. The smallest absolute Gasteiger partial charge is 0.264 e. The van der Waals surface area contributed by atoms with Gasteiger partial charge in [0, 0.05) is 18.8 Å². The van der Waals surface area contributed by atoms with E-state index in [2.05, 4.69) is 10.4 Å². The number of para-hydroxylation sites is 1. The quantitative estimate of drug-likeness (QED) is 0.643. The standard InChI is InChI=1S/C23H21N5O5/c1-26-11-13(10-24-26)25-18(29)12-27-21-15-8-9-17(32-2)20(33-3)19(15)23(31)28(21)16-7-5-4-6-14(16)22(27)30/h4-11,21H,12H2,1-3H3,(H,25,29)/t21-/m1/s1. The maximum Gasteiger partial charge on any atom is 0.264 e. The fourth-order valence-electron chi connectivity index (χ4n) is 4.43. The second kappa shape index (κ2) is 7.66. The molecule has 3 aromatic rings. The number of ether oxygens (including phenoxy) is 2. The zero-order valence-corrected chi connectivity index (χ0v) is 18.2. The van der Waals surface area contributed by atoms with Crippen molar-refractivity contribution >= 4 is 29.1 Å². The van der Waals surface area contributed by atoms with Gasteiger partial charge in [-0.1, -0.05) is 18.2 Å². The van der Waals surface area contributed by atoms with Crippen molar-refractivity contribution in [1.29, 1.82) is 0 Å². The van der Waals surface area contributed by atoms with Crippen molar-refractivity contribution in [1.82, 2.24) is 14.7 Å². The first-order valence-electron chi connectivity index (χ1n) is 10.2. The Balaban J connectivity index is 1.60. The number of rotatable bonds is 5. The summed E-state index contributed by atoms with van der Waals surface area (Å²) in [6.45, 7) is -0.260. The zero-order valence-electron chi connectivity index (χ0n) is 18.2. The highest BCUT2D eigenvalue weighted by Gasteiger charge is 2.50. The summed E-state index contributed by atoms with van der Waals surface area (Å²) in [6, 6.07) is 10.3. The maximum absolute atomic E-state index is 13.6. The largest absolute Gasteiger partial charge is 0.493 e. The van der Waals surface area contributed by atoms with E-state index >= 15 is 0 Å². The van der Waals surface area contributed by atoms with E-state index in [9.17, 15) is 14.4 Å². The molecule has 0 fully saturated rings. The molecule has 0 saturated carbocycles.